The van der Waals surface area contributed by atoms with E-state index in [0.717, 1.165) is 13.0 Å². The molecule has 0 aromatic carbocycles. The van der Waals surface area contributed by atoms with Gasteiger partial charge in [-0.2, -0.15) is 0 Å². The first-order valence-electron chi connectivity index (χ1n) is 8.36. The van der Waals surface area contributed by atoms with Gasteiger partial charge < -0.3 is 29.4 Å². The number of rotatable bonds is 13. The lowest BCUT2D eigenvalue weighted by Gasteiger charge is -2.20. The Labute approximate surface area is 166 Å². The number of urea groups is 1. The Balaban J connectivity index is 4.80. The molecule has 3 N–H and O–H groups in total. The fourth-order valence-corrected chi connectivity index (χ4v) is 2.56. The zero-order valence-corrected chi connectivity index (χ0v) is 18.7. The van der Waals surface area contributed by atoms with Gasteiger partial charge in [-0.1, -0.05) is 16.2 Å². The van der Waals surface area contributed by atoms with Gasteiger partial charge in [-0.3, -0.25) is 9.59 Å². The number of carbonyl (C=O) groups is 4. The lowest BCUT2D eigenvalue weighted by Crippen LogP contribution is -2.51. The maximum Gasteiger partial charge on any atom is 0.340 e. The molecule has 0 aliphatic carbocycles. The zero-order valence-electron chi connectivity index (χ0n) is 15.2. The van der Waals surface area contributed by atoms with Gasteiger partial charge in [-0.05, 0) is 32.2 Å². The third-order valence-electron chi connectivity index (χ3n) is 3.41. The summed E-state index contributed by atoms with van der Waals surface area (Å²) >= 11 is 0. The molecule has 0 aliphatic rings. The van der Waals surface area contributed by atoms with E-state index in [1.165, 1.54) is 0 Å². The molecule has 0 rings (SSSR count). The highest BCUT2D eigenvalue weighted by Gasteiger charge is 2.26. The topological polar surface area (TPSA) is 132 Å². The van der Waals surface area contributed by atoms with Crippen LogP contribution >= 0.6 is 28.3 Å². The molecular weight excluding hydrogens is 414 g/mol. The first kappa shape index (κ1) is 26.0. The molecule has 0 aromatic heterocycles. The normalized spacial score (nSPS) is 12.3. The smallest absolute Gasteiger partial charge is 0.340 e. The van der Waals surface area contributed by atoms with E-state index in [4.69, 9.17) is 4.65 Å². The van der Waals surface area contributed by atoms with Crippen LogP contribution in [-0.4, -0.2) is 50.0 Å². The van der Waals surface area contributed by atoms with Crippen LogP contribution in [0, 0.1) is 0 Å². The summed E-state index contributed by atoms with van der Waals surface area (Å²) in [6.45, 7) is 2.37. The number of amides is 2. The summed E-state index contributed by atoms with van der Waals surface area (Å²) in [6.07, 6.45) is 1.75. The van der Waals surface area contributed by atoms with Crippen molar-refractivity contribution in [1.82, 2.24) is 15.7 Å². The van der Waals surface area contributed by atoms with E-state index in [2.05, 4.69) is 34.2 Å². The molecule has 27 heavy (non-hydrogen) atoms. The molecule has 0 aliphatic heterocycles. The van der Waals surface area contributed by atoms with Crippen LogP contribution in [0.4, 0.5) is 4.79 Å². The van der Waals surface area contributed by atoms with Crippen LogP contribution in [0.2, 0.25) is 6.82 Å². The molecule has 0 aromatic rings. The van der Waals surface area contributed by atoms with Crippen molar-refractivity contribution in [2.24, 2.45) is 0 Å². The second-order valence-corrected chi connectivity index (χ2v) is 6.27. The molecule has 0 bridgehead atoms. The maximum absolute atomic E-state index is 12.2. The summed E-state index contributed by atoms with van der Waals surface area (Å²) in [5, 5.41) is 7.81. The average Bonchev–Trinajstić information content (AvgIpc) is 2.66. The highest BCUT2D eigenvalue weighted by atomic mass is 31.0. The Bertz CT molecular complexity index is 502. The van der Waals surface area contributed by atoms with Gasteiger partial charge in [0.15, 0.2) is 0 Å². The number of hydrogen-bond acceptors (Lipinski definition) is 8. The van der Waals surface area contributed by atoms with E-state index >= 15 is 0 Å². The van der Waals surface area contributed by atoms with Crippen LogP contribution in [-0.2, 0) is 28.1 Å². The summed E-state index contributed by atoms with van der Waals surface area (Å²) in [7, 11) is 6.16. The fourth-order valence-electron chi connectivity index (χ4n) is 2.08. The zero-order chi connectivity index (χ0) is 20.7. The van der Waals surface area contributed by atoms with Crippen molar-refractivity contribution in [3.8, 4) is 0 Å². The minimum Gasteiger partial charge on any atom is -0.539 e. The second kappa shape index (κ2) is 16.0. The van der Waals surface area contributed by atoms with Crippen LogP contribution in [0.15, 0.2) is 0 Å². The highest BCUT2D eigenvalue weighted by molar-refractivity contribution is 7.13. The summed E-state index contributed by atoms with van der Waals surface area (Å²) < 4.78 is 14.0. The fraction of sp³-hybridized carbons (Fsp3) is 0.692. The molecule has 5 atom stereocenters. The van der Waals surface area contributed by atoms with Crippen molar-refractivity contribution in [3.63, 3.8) is 0 Å². The van der Waals surface area contributed by atoms with Gasteiger partial charge in [0, 0.05) is 6.42 Å². The third-order valence-corrected chi connectivity index (χ3v) is 4.20. The number of unbranched alkanes of at least 4 members (excludes halogenated alkanes) is 1. The van der Waals surface area contributed by atoms with Crippen molar-refractivity contribution in [1.29, 1.82) is 0 Å². The van der Waals surface area contributed by atoms with Crippen molar-refractivity contribution >= 4 is 59.7 Å². The van der Waals surface area contributed by atoms with E-state index < -0.39 is 36.0 Å². The van der Waals surface area contributed by atoms with Crippen LogP contribution in [0.25, 0.3) is 0 Å². The summed E-state index contributed by atoms with van der Waals surface area (Å²) in [4.78, 5) is 47.3. The Kier molecular flexibility index (Phi) is 15.4. The van der Waals surface area contributed by atoms with Crippen LogP contribution in [0.3, 0.4) is 0 Å². The number of carbonyl (C=O) groups excluding carboxylic acids is 4. The molecule has 5 unspecified atom stereocenters. The Morgan fingerprint density at radius 2 is 1.59 bits per heavy atom. The third kappa shape index (κ3) is 12.1. The second-order valence-electron chi connectivity index (χ2n) is 5.39. The summed E-state index contributed by atoms with van der Waals surface area (Å²) in [5.74, 6) is -1.85. The van der Waals surface area contributed by atoms with Crippen molar-refractivity contribution in [2.45, 2.75) is 51.0 Å². The molecule has 0 saturated carbocycles. The Hall–Kier alpha value is -1.01. The standard InChI is InChI=1S/C13H27BN3O7P3/c1-14-22-11(19)9(5-6-10(18)23-26)17-13(21)16-8(12(20)24-27)4-2-3-7-15-25/h8-9,14-15H,2-7,25-27H2,1H3,(H2,16,17,21). The molecule has 0 fully saturated rings. The molecule has 2 amide bonds. The first-order chi connectivity index (χ1) is 12.9. The maximum atomic E-state index is 12.2. The van der Waals surface area contributed by atoms with Gasteiger partial charge in [-0.15, -0.1) is 0 Å². The molecule has 10 nitrogen and oxygen atoms in total. The van der Waals surface area contributed by atoms with E-state index in [0.29, 0.717) is 12.8 Å². The van der Waals surface area contributed by atoms with Crippen LogP contribution in [0.1, 0.15) is 32.1 Å². The summed E-state index contributed by atoms with van der Waals surface area (Å²) in [5.41, 5.74) is 0. The van der Waals surface area contributed by atoms with Gasteiger partial charge in [0.05, 0.1) is 18.9 Å². The van der Waals surface area contributed by atoms with Crippen molar-refractivity contribution in [2.75, 3.05) is 6.54 Å². The van der Waals surface area contributed by atoms with E-state index in [1.54, 1.807) is 6.82 Å². The van der Waals surface area contributed by atoms with E-state index in [-0.39, 0.29) is 20.3 Å². The minimum atomic E-state index is -1.05. The van der Waals surface area contributed by atoms with Gasteiger partial charge in [-0.25, -0.2) is 9.59 Å². The highest BCUT2D eigenvalue weighted by Crippen LogP contribution is 2.07. The molecule has 14 heteroatoms. The largest absolute Gasteiger partial charge is 0.539 e. The van der Waals surface area contributed by atoms with Crippen molar-refractivity contribution < 1.29 is 32.9 Å². The molecule has 0 heterocycles. The van der Waals surface area contributed by atoms with E-state index in [9.17, 15) is 19.2 Å². The lowest BCUT2D eigenvalue weighted by atomic mass is 10.1. The molecule has 154 valence electrons. The predicted octanol–water partition coefficient (Wildman–Crippen LogP) is -0.0376. The SMILES string of the molecule is CBOC(=O)C(CCC(=O)OP)NC(=O)NC(CCCCNP)C(=O)OP. The Morgan fingerprint density at radius 1 is 0.963 bits per heavy atom. The number of hydrogen-bond donors (Lipinski definition) is 3. The van der Waals surface area contributed by atoms with Crippen molar-refractivity contribution in [3.05, 3.63) is 0 Å². The van der Waals surface area contributed by atoms with Gasteiger partial charge in [0.25, 0.3) is 0 Å². The minimum absolute atomic E-state index is 0.00192. The quantitative estimate of drug-likeness (QED) is 0.206. The Morgan fingerprint density at radius 3 is 2.11 bits per heavy atom. The average molecular weight is 441 g/mol. The van der Waals surface area contributed by atoms with Gasteiger partial charge in [0.2, 0.25) is 0 Å². The molecule has 0 radical (unpaired) electrons. The predicted molar refractivity (Wildman–Crippen MR) is 111 cm³/mol. The van der Waals surface area contributed by atoms with E-state index in [1.807, 2.05) is 18.9 Å². The summed E-state index contributed by atoms with van der Waals surface area (Å²) in [6, 6.07) is -2.66. The molecular formula is C13H27BN3O7P3. The van der Waals surface area contributed by atoms with Crippen LogP contribution < -0.4 is 15.7 Å². The van der Waals surface area contributed by atoms with Gasteiger partial charge >= 0.3 is 31.4 Å². The molecule has 0 saturated heterocycles. The van der Waals surface area contributed by atoms with Crippen LogP contribution in [0.5, 0.6) is 0 Å². The van der Waals surface area contributed by atoms with Gasteiger partial charge in [0.1, 0.15) is 12.1 Å². The monoisotopic (exact) mass is 441 g/mol. The lowest BCUT2D eigenvalue weighted by molar-refractivity contribution is -0.137. The first-order valence-corrected chi connectivity index (χ1v) is 9.88. The molecule has 0 spiro atoms. The number of nitrogens with one attached hydrogen (secondary N) is 3.